The molecule has 4 heterocycles. The summed E-state index contributed by atoms with van der Waals surface area (Å²) in [5, 5.41) is 9.30. The van der Waals surface area contributed by atoms with Crippen molar-refractivity contribution >= 4 is 39.8 Å². The number of anilines is 1. The topological polar surface area (TPSA) is 86.8 Å². The highest BCUT2D eigenvalue weighted by Crippen LogP contribution is 2.39. The van der Waals surface area contributed by atoms with Crippen molar-refractivity contribution in [2.45, 2.75) is 12.8 Å². The first kappa shape index (κ1) is 23.9. The molecule has 0 bridgehead atoms. The lowest BCUT2D eigenvalue weighted by atomic mass is 9.97. The number of nitrogens with zero attached hydrogens (tertiary/aromatic N) is 6. The van der Waals surface area contributed by atoms with Crippen LogP contribution in [0, 0.1) is 17.2 Å². The normalized spacial score (nSPS) is 17.4. The van der Waals surface area contributed by atoms with Gasteiger partial charge in [-0.25, -0.2) is 4.98 Å². The summed E-state index contributed by atoms with van der Waals surface area (Å²) in [6, 6.07) is 16.2. The summed E-state index contributed by atoms with van der Waals surface area (Å²) in [6.45, 7) is 2.67. The number of nitriles is 1. The van der Waals surface area contributed by atoms with Crippen molar-refractivity contribution in [1.29, 1.82) is 5.26 Å². The lowest BCUT2D eigenvalue weighted by molar-refractivity contribution is -0.117. The van der Waals surface area contributed by atoms with E-state index in [4.69, 9.17) is 14.7 Å². The number of carbonyl (C=O) groups is 1. The minimum Gasteiger partial charge on any atom is -0.464 e. The molecular formula is C28H25IN6O2. The number of ether oxygens (including phenoxy) is 1. The zero-order valence-electron chi connectivity index (χ0n) is 20.4. The van der Waals surface area contributed by atoms with Gasteiger partial charge in [0, 0.05) is 36.1 Å². The number of imidazole rings is 1. The number of aromatic nitrogens is 3. The predicted molar refractivity (Wildman–Crippen MR) is 150 cm³/mol. The molecule has 4 aromatic rings. The average molecular weight is 604 g/mol. The highest BCUT2D eigenvalue weighted by molar-refractivity contribution is 14.1. The summed E-state index contributed by atoms with van der Waals surface area (Å²) >= 11 is 2.22. The monoisotopic (exact) mass is 604 g/mol. The maximum Gasteiger partial charge on any atom is 0.302 e. The van der Waals surface area contributed by atoms with E-state index in [1.54, 1.807) is 18.3 Å². The fourth-order valence-corrected chi connectivity index (χ4v) is 6.01. The highest BCUT2D eigenvalue weighted by atomic mass is 127. The van der Waals surface area contributed by atoms with Gasteiger partial charge in [0.1, 0.15) is 0 Å². The molecule has 186 valence electrons. The molecule has 0 saturated carbocycles. The lowest BCUT2D eigenvalue weighted by Gasteiger charge is -2.18. The van der Waals surface area contributed by atoms with Crippen molar-refractivity contribution in [2.24, 2.45) is 5.92 Å². The van der Waals surface area contributed by atoms with Crippen LogP contribution in [0.3, 0.4) is 0 Å². The van der Waals surface area contributed by atoms with Gasteiger partial charge in [-0.2, -0.15) is 10.2 Å². The molecule has 2 aliphatic rings. The minimum atomic E-state index is 0.110. The van der Waals surface area contributed by atoms with Crippen LogP contribution in [0.15, 0.2) is 54.9 Å². The largest absolute Gasteiger partial charge is 0.464 e. The Labute approximate surface area is 228 Å². The molecule has 37 heavy (non-hydrogen) atoms. The van der Waals surface area contributed by atoms with E-state index >= 15 is 0 Å². The van der Waals surface area contributed by atoms with E-state index in [-0.39, 0.29) is 5.91 Å². The second-order valence-electron chi connectivity index (χ2n) is 9.62. The van der Waals surface area contributed by atoms with Crippen LogP contribution in [-0.4, -0.2) is 56.5 Å². The quantitative estimate of drug-likeness (QED) is 0.183. The molecule has 1 atom stereocenters. The van der Waals surface area contributed by atoms with E-state index in [2.05, 4.69) is 46.7 Å². The Morgan fingerprint density at radius 1 is 1.19 bits per heavy atom. The standard InChI is InChI=1S/C28H25IN6O2/c1-33-10-8-19(15-33)16-37-28-32-26(20-4-2-18(14-30)3-5-20)25(27-31-9-11-34(27)28)21-6-7-23-22(12-21)13-24(36)35(23)17-29/h2-7,9,11-12,19H,8,10,13,15-17H2,1H3/t19-/m1/s1. The van der Waals surface area contributed by atoms with Crippen LogP contribution in [0.2, 0.25) is 0 Å². The van der Waals surface area contributed by atoms with Crippen LogP contribution < -0.4 is 9.64 Å². The van der Waals surface area contributed by atoms with Crippen molar-refractivity contribution in [3.8, 4) is 34.5 Å². The molecule has 2 aliphatic heterocycles. The number of hydrogen-bond donors (Lipinski definition) is 0. The lowest BCUT2D eigenvalue weighted by Crippen LogP contribution is -2.24. The summed E-state index contributed by atoms with van der Waals surface area (Å²) in [4.78, 5) is 26.4. The van der Waals surface area contributed by atoms with E-state index in [1.807, 2.05) is 39.8 Å². The predicted octanol–water partition coefficient (Wildman–Crippen LogP) is 4.55. The number of fused-ring (bicyclic) bond motifs is 2. The summed E-state index contributed by atoms with van der Waals surface area (Å²) in [6.07, 6.45) is 5.12. The molecule has 1 fully saturated rings. The van der Waals surface area contributed by atoms with Gasteiger partial charge in [-0.3, -0.25) is 9.20 Å². The van der Waals surface area contributed by atoms with Gasteiger partial charge in [-0.15, -0.1) is 0 Å². The van der Waals surface area contributed by atoms with Crippen molar-refractivity contribution in [3.63, 3.8) is 0 Å². The first-order chi connectivity index (χ1) is 18.1. The summed E-state index contributed by atoms with van der Waals surface area (Å²) < 4.78 is 8.82. The molecule has 1 saturated heterocycles. The number of rotatable bonds is 6. The number of benzene rings is 2. The molecule has 9 heteroatoms. The molecule has 6 rings (SSSR count). The van der Waals surface area contributed by atoms with Crippen LogP contribution in [0.5, 0.6) is 6.01 Å². The number of hydrogen-bond acceptors (Lipinski definition) is 6. The van der Waals surface area contributed by atoms with Gasteiger partial charge in [-0.05, 0) is 55.4 Å². The van der Waals surface area contributed by atoms with Crippen LogP contribution in [0.1, 0.15) is 17.5 Å². The molecule has 1 amide bonds. The van der Waals surface area contributed by atoms with Crippen LogP contribution in [-0.2, 0) is 11.2 Å². The molecule has 0 spiro atoms. The Bertz CT molecular complexity index is 1540. The van der Waals surface area contributed by atoms with E-state index in [9.17, 15) is 10.1 Å². The van der Waals surface area contributed by atoms with Gasteiger partial charge < -0.3 is 14.5 Å². The maximum atomic E-state index is 12.5. The van der Waals surface area contributed by atoms with Crippen LogP contribution >= 0.6 is 22.6 Å². The maximum absolute atomic E-state index is 12.5. The van der Waals surface area contributed by atoms with Gasteiger partial charge in [-0.1, -0.05) is 40.8 Å². The zero-order chi connectivity index (χ0) is 25.5. The van der Waals surface area contributed by atoms with Crippen molar-refractivity contribution in [3.05, 3.63) is 66.0 Å². The molecule has 0 aliphatic carbocycles. The van der Waals surface area contributed by atoms with Crippen molar-refractivity contribution < 1.29 is 9.53 Å². The first-order valence-electron chi connectivity index (χ1n) is 12.2. The van der Waals surface area contributed by atoms with E-state index in [1.165, 1.54) is 0 Å². The van der Waals surface area contributed by atoms with E-state index in [0.29, 0.717) is 35.1 Å². The van der Waals surface area contributed by atoms with Crippen LogP contribution in [0.25, 0.3) is 28.0 Å². The molecule has 0 unspecified atom stereocenters. The highest BCUT2D eigenvalue weighted by Gasteiger charge is 2.28. The zero-order valence-corrected chi connectivity index (χ0v) is 22.6. The third-order valence-electron chi connectivity index (χ3n) is 7.16. The Morgan fingerprint density at radius 3 is 2.73 bits per heavy atom. The van der Waals surface area contributed by atoms with Gasteiger partial charge in [0.15, 0.2) is 5.65 Å². The van der Waals surface area contributed by atoms with Gasteiger partial charge >= 0.3 is 6.01 Å². The number of amides is 1. The molecule has 2 aromatic carbocycles. The molecule has 0 radical (unpaired) electrons. The smallest absolute Gasteiger partial charge is 0.302 e. The molecule has 2 aromatic heterocycles. The fourth-order valence-electron chi connectivity index (χ4n) is 5.26. The van der Waals surface area contributed by atoms with Crippen LogP contribution in [0.4, 0.5) is 5.69 Å². The number of carbonyl (C=O) groups excluding carboxylic acids is 1. The summed E-state index contributed by atoms with van der Waals surface area (Å²) in [5.74, 6) is 0.567. The third-order valence-corrected chi connectivity index (χ3v) is 7.84. The SMILES string of the molecule is CN1CC[C@@H](COc2nc(-c3ccc(C#N)cc3)c(-c3ccc4c(c3)CC(=O)N4CI)c3nccn23)C1. The van der Waals surface area contributed by atoms with Gasteiger partial charge in [0.05, 0.1) is 40.5 Å². The average Bonchev–Trinajstić information content (AvgIpc) is 3.64. The summed E-state index contributed by atoms with van der Waals surface area (Å²) in [5.41, 5.74) is 6.69. The number of halogens is 1. The van der Waals surface area contributed by atoms with E-state index in [0.717, 1.165) is 58.8 Å². The second kappa shape index (κ2) is 9.76. The van der Waals surface area contributed by atoms with Crippen molar-refractivity contribution in [2.75, 3.05) is 36.2 Å². The number of likely N-dealkylation sites (tertiary alicyclic amines) is 1. The minimum absolute atomic E-state index is 0.110. The second-order valence-corrected chi connectivity index (χ2v) is 10.3. The molecule has 0 N–H and O–H groups in total. The fraction of sp³-hybridized carbons (Fsp3) is 0.286. The Morgan fingerprint density at radius 2 is 2.00 bits per heavy atom. The Kier molecular flexibility index (Phi) is 6.30. The molecule has 8 nitrogen and oxygen atoms in total. The number of alkyl halides is 1. The third kappa shape index (κ3) is 4.34. The first-order valence-corrected chi connectivity index (χ1v) is 13.8. The van der Waals surface area contributed by atoms with Gasteiger partial charge in [0.25, 0.3) is 0 Å². The Balaban J connectivity index is 1.49. The Hall–Kier alpha value is -3.49. The van der Waals surface area contributed by atoms with E-state index < -0.39 is 0 Å². The molecular weight excluding hydrogens is 579 g/mol. The van der Waals surface area contributed by atoms with Gasteiger partial charge in [0.2, 0.25) is 5.91 Å². The summed E-state index contributed by atoms with van der Waals surface area (Å²) in [7, 11) is 2.13. The van der Waals surface area contributed by atoms with Crippen molar-refractivity contribution in [1.82, 2.24) is 19.3 Å².